The molecule has 2 amide bonds. The molecule has 1 aliphatic heterocycles. The first kappa shape index (κ1) is 15.0. The van der Waals surface area contributed by atoms with Gasteiger partial charge in [0.15, 0.2) is 0 Å². The molecule has 0 saturated carbocycles. The SMILES string of the molecule is CC(C)NC(=O)[C@H]1CCCN(C(=O)C(C)(C)C)C1. The first-order chi connectivity index (χ1) is 8.21. The molecule has 0 spiro atoms. The summed E-state index contributed by atoms with van der Waals surface area (Å²) in [4.78, 5) is 26.0. The van der Waals surface area contributed by atoms with Crippen LogP contribution in [0.4, 0.5) is 0 Å². The van der Waals surface area contributed by atoms with E-state index < -0.39 is 0 Å². The van der Waals surface area contributed by atoms with Gasteiger partial charge in [0.2, 0.25) is 11.8 Å². The molecule has 1 rings (SSSR count). The fourth-order valence-corrected chi connectivity index (χ4v) is 2.25. The van der Waals surface area contributed by atoms with E-state index in [1.165, 1.54) is 0 Å². The summed E-state index contributed by atoms with van der Waals surface area (Å²) in [6.07, 6.45) is 1.80. The second kappa shape index (κ2) is 5.72. The maximum absolute atomic E-state index is 12.2. The van der Waals surface area contributed by atoms with Crippen molar-refractivity contribution in [2.75, 3.05) is 13.1 Å². The highest BCUT2D eigenvalue weighted by Crippen LogP contribution is 2.23. The van der Waals surface area contributed by atoms with Crippen LogP contribution >= 0.6 is 0 Å². The van der Waals surface area contributed by atoms with Gasteiger partial charge in [0.1, 0.15) is 0 Å². The number of carbonyl (C=O) groups excluding carboxylic acids is 2. The summed E-state index contributed by atoms with van der Waals surface area (Å²) in [5.74, 6) is 0.174. The van der Waals surface area contributed by atoms with Crippen LogP contribution in [0.5, 0.6) is 0 Å². The van der Waals surface area contributed by atoms with Gasteiger partial charge in [0.25, 0.3) is 0 Å². The van der Waals surface area contributed by atoms with E-state index in [9.17, 15) is 9.59 Å². The Bertz CT molecular complexity index is 318. The van der Waals surface area contributed by atoms with Gasteiger partial charge in [-0.2, -0.15) is 0 Å². The molecule has 0 aromatic carbocycles. The van der Waals surface area contributed by atoms with E-state index in [0.29, 0.717) is 6.54 Å². The topological polar surface area (TPSA) is 49.4 Å². The van der Waals surface area contributed by atoms with Crippen molar-refractivity contribution in [3.63, 3.8) is 0 Å². The van der Waals surface area contributed by atoms with Crippen LogP contribution < -0.4 is 5.32 Å². The number of carbonyl (C=O) groups is 2. The molecule has 4 heteroatoms. The molecule has 1 aliphatic rings. The van der Waals surface area contributed by atoms with Crippen molar-refractivity contribution < 1.29 is 9.59 Å². The van der Waals surface area contributed by atoms with Crippen LogP contribution in [0.3, 0.4) is 0 Å². The van der Waals surface area contributed by atoms with Crippen LogP contribution in [-0.2, 0) is 9.59 Å². The second-order valence-corrected chi connectivity index (χ2v) is 6.50. The van der Waals surface area contributed by atoms with Crippen molar-refractivity contribution in [2.24, 2.45) is 11.3 Å². The maximum Gasteiger partial charge on any atom is 0.227 e. The first-order valence-electron chi connectivity index (χ1n) is 6.81. The standard InChI is InChI=1S/C14H26N2O2/c1-10(2)15-12(17)11-7-6-8-16(9-11)13(18)14(3,4)5/h10-11H,6-9H2,1-5H3,(H,15,17)/t11-/m0/s1. The summed E-state index contributed by atoms with van der Waals surface area (Å²) >= 11 is 0. The van der Waals surface area contributed by atoms with Crippen molar-refractivity contribution in [1.29, 1.82) is 0 Å². The number of nitrogens with one attached hydrogen (secondary N) is 1. The quantitative estimate of drug-likeness (QED) is 0.817. The summed E-state index contributed by atoms with van der Waals surface area (Å²) in [7, 11) is 0. The number of piperidine rings is 1. The Kier molecular flexibility index (Phi) is 4.77. The molecule has 4 nitrogen and oxygen atoms in total. The number of hydrogen-bond donors (Lipinski definition) is 1. The Labute approximate surface area is 110 Å². The normalized spacial score (nSPS) is 21.0. The van der Waals surface area contributed by atoms with E-state index in [4.69, 9.17) is 0 Å². The molecule has 1 saturated heterocycles. The molecule has 0 bridgehead atoms. The largest absolute Gasteiger partial charge is 0.354 e. The molecule has 1 N–H and O–H groups in total. The van der Waals surface area contributed by atoms with Gasteiger partial charge in [-0.05, 0) is 26.7 Å². The molecule has 0 aliphatic carbocycles. The molecule has 1 fully saturated rings. The number of nitrogens with zero attached hydrogens (tertiary/aromatic N) is 1. The lowest BCUT2D eigenvalue weighted by atomic mass is 9.91. The fourth-order valence-electron chi connectivity index (χ4n) is 2.25. The van der Waals surface area contributed by atoms with E-state index >= 15 is 0 Å². The van der Waals surface area contributed by atoms with Crippen molar-refractivity contribution >= 4 is 11.8 Å². The molecular formula is C14H26N2O2. The minimum Gasteiger partial charge on any atom is -0.354 e. The van der Waals surface area contributed by atoms with E-state index in [1.807, 2.05) is 39.5 Å². The van der Waals surface area contributed by atoms with Gasteiger partial charge >= 0.3 is 0 Å². The Hall–Kier alpha value is -1.06. The molecular weight excluding hydrogens is 228 g/mol. The zero-order chi connectivity index (χ0) is 13.9. The highest BCUT2D eigenvalue weighted by molar-refractivity contribution is 5.84. The van der Waals surface area contributed by atoms with Gasteiger partial charge in [0.05, 0.1) is 5.92 Å². The van der Waals surface area contributed by atoms with Gasteiger partial charge in [-0.15, -0.1) is 0 Å². The summed E-state index contributed by atoms with van der Waals surface area (Å²) < 4.78 is 0. The van der Waals surface area contributed by atoms with Gasteiger partial charge in [-0.3, -0.25) is 9.59 Å². The minimum atomic E-state index is -0.365. The van der Waals surface area contributed by atoms with Gasteiger partial charge in [-0.25, -0.2) is 0 Å². The lowest BCUT2D eigenvalue weighted by molar-refractivity contribution is -0.142. The Morgan fingerprint density at radius 2 is 1.89 bits per heavy atom. The highest BCUT2D eigenvalue weighted by atomic mass is 16.2. The van der Waals surface area contributed by atoms with Gasteiger partial charge < -0.3 is 10.2 Å². The Balaban J connectivity index is 2.61. The monoisotopic (exact) mass is 254 g/mol. The molecule has 18 heavy (non-hydrogen) atoms. The van der Waals surface area contributed by atoms with Crippen LogP contribution in [-0.4, -0.2) is 35.8 Å². The lowest BCUT2D eigenvalue weighted by Crippen LogP contribution is -2.49. The predicted molar refractivity (Wildman–Crippen MR) is 72.0 cm³/mol. The molecule has 0 aromatic heterocycles. The van der Waals surface area contributed by atoms with Crippen LogP contribution in [0, 0.1) is 11.3 Å². The Morgan fingerprint density at radius 3 is 2.39 bits per heavy atom. The zero-order valence-corrected chi connectivity index (χ0v) is 12.2. The molecule has 1 heterocycles. The fraction of sp³-hybridized carbons (Fsp3) is 0.857. The number of likely N-dealkylation sites (tertiary alicyclic amines) is 1. The predicted octanol–water partition coefficient (Wildman–Crippen LogP) is 1.80. The average molecular weight is 254 g/mol. The number of amides is 2. The lowest BCUT2D eigenvalue weighted by Gasteiger charge is -2.36. The number of hydrogen-bond acceptors (Lipinski definition) is 2. The third kappa shape index (κ3) is 4.00. The molecule has 0 unspecified atom stereocenters. The summed E-state index contributed by atoms with van der Waals surface area (Å²) in [6, 6.07) is 0.159. The van der Waals surface area contributed by atoms with Crippen LogP contribution in [0.2, 0.25) is 0 Å². The van der Waals surface area contributed by atoms with Gasteiger partial charge in [-0.1, -0.05) is 20.8 Å². The number of rotatable bonds is 2. The zero-order valence-electron chi connectivity index (χ0n) is 12.2. The minimum absolute atomic E-state index is 0.0487. The van der Waals surface area contributed by atoms with Gasteiger partial charge in [0, 0.05) is 24.5 Å². The van der Waals surface area contributed by atoms with E-state index in [0.717, 1.165) is 19.4 Å². The molecule has 0 aromatic rings. The third-order valence-corrected chi connectivity index (χ3v) is 3.15. The second-order valence-electron chi connectivity index (χ2n) is 6.50. The summed E-state index contributed by atoms with van der Waals surface area (Å²) in [5.41, 5.74) is -0.365. The van der Waals surface area contributed by atoms with Crippen LogP contribution in [0.1, 0.15) is 47.5 Å². The molecule has 104 valence electrons. The van der Waals surface area contributed by atoms with Crippen molar-refractivity contribution in [3.8, 4) is 0 Å². The van der Waals surface area contributed by atoms with E-state index in [-0.39, 0.29) is 29.2 Å². The highest BCUT2D eigenvalue weighted by Gasteiger charge is 2.33. The van der Waals surface area contributed by atoms with Crippen LogP contribution in [0.15, 0.2) is 0 Å². The first-order valence-corrected chi connectivity index (χ1v) is 6.81. The van der Waals surface area contributed by atoms with Crippen molar-refractivity contribution in [2.45, 2.75) is 53.5 Å². The van der Waals surface area contributed by atoms with Crippen molar-refractivity contribution in [1.82, 2.24) is 10.2 Å². The average Bonchev–Trinajstić information content (AvgIpc) is 2.26. The maximum atomic E-state index is 12.2. The Morgan fingerprint density at radius 1 is 1.28 bits per heavy atom. The smallest absolute Gasteiger partial charge is 0.227 e. The van der Waals surface area contributed by atoms with E-state index in [2.05, 4.69) is 5.32 Å². The van der Waals surface area contributed by atoms with Crippen LogP contribution in [0.25, 0.3) is 0 Å². The van der Waals surface area contributed by atoms with E-state index in [1.54, 1.807) is 0 Å². The molecule has 0 radical (unpaired) electrons. The summed E-state index contributed by atoms with van der Waals surface area (Å²) in [6.45, 7) is 11.0. The molecule has 1 atom stereocenters. The summed E-state index contributed by atoms with van der Waals surface area (Å²) in [5, 5.41) is 2.93. The van der Waals surface area contributed by atoms with Crippen molar-refractivity contribution in [3.05, 3.63) is 0 Å². The third-order valence-electron chi connectivity index (χ3n) is 3.15.